The fourth-order valence-electron chi connectivity index (χ4n) is 3.03. The van der Waals surface area contributed by atoms with Crippen molar-refractivity contribution < 1.29 is 0 Å². The van der Waals surface area contributed by atoms with Crippen LogP contribution in [0.3, 0.4) is 0 Å². The van der Waals surface area contributed by atoms with Gasteiger partial charge in [0.05, 0.1) is 11.4 Å². The van der Waals surface area contributed by atoms with Crippen molar-refractivity contribution in [3.05, 3.63) is 59.2 Å². The number of benzene rings is 1. The minimum absolute atomic E-state index is 0. The Balaban J connectivity index is 0.00000210. The summed E-state index contributed by atoms with van der Waals surface area (Å²) in [5.41, 5.74) is 7.34. The van der Waals surface area contributed by atoms with Crippen molar-refractivity contribution in [2.75, 3.05) is 24.3 Å². The van der Waals surface area contributed by atoms with Gasteiger partial charge >= 0.3 is 0 Å². The first-order chi connectivity index (χ1) is 12.5. The van der Waals surface area contributed by atoms with Crippen molar-refractivity contribution in [3.8, 4) is 11.4 Å². The van der Waals surface area contributed by atoms with Crippen molar-refractivity contribution in [2.45, 2.75) is 13.8 Å². The second-order valence-corrected chi connectivity index (χ2v) is 7.39. The molecule has 140 valence electrons. The molecule has 7 heteroatoms. The Labute approximate surface area is 173 Å². The molecule has 27 heavy (non-hydrogen) atoms. The highest BCUT2D eigenvalue weighted by molar-refractivity contribution is 8.93. The zero-order valence-electron chi connectivity index (χ0n) is 15.7. The van der Waals surface area contributed by atoms with Gasteiger partial charge in [-0.15, -0.1) is 28.3 Å². The second-order valence-electron chi connectivity index (χ2n) is 6.53. The topological polar surface area (TPSA) is 45.5 Å². The van der Waals surface area contributed by atoms with Crippen molar-refractivity contribution in [3.63, 3.8) is 0 Å². The van der Waals surface area contributed by atoms with E-state index in [1.54, 1.807) is 11.3 Å². The van der Waals surface area contributed by atoms with E-state index in [1.807, 2.05) is 33.3 Å². The van der Waals surface area contributed by atoms with E-state index in [2.05, 4.69) is 57.3 Å². The average molecular weight is 444 g/mol. The van der Waals surface area contributed by atoms with Gasteiger partial charge in [0.15, 0.2) is 5.13 Å². The van der Waals surface area contributed by atoms with Crippen LogP contribution in [-0.2, 0) is 0 Å². The van der Waals surface area contributed by atoms with Gasteiger partial charge in [-0.2, -0.15) is 0 Å². The number of thiazole rings is 1. The van der Waals surface area contributed by atoms with Crippen LogP contribution < -0.4 is 10.2 Å². The Morgan fingerprint density at radius 3 is 2.48 bits per heavy atom. The lowest BCUT2D eigenvalue weighted by atomic mass is 10.2. The second kappa shape index (κ2) is 7.70. The Kier molecular flexibility index (Phi) is 5.53. The molecule has 1 aromatic carbocycles. The first kappa shape index (κ1) is 19.4. The van der Waals surface area contributed by atoms with Crippen LogP contribution in [-0.4, -0.2) is 28.5 Å². The zero-order chi connectivity index (χ0) is 18.3. The lowest BCUT2D eigenvalue weighted by Gasteiger charge is -2.12. The summed E-state index contributed by atoms with van der Waals surface area (Å²) in [7, 11) is 4.07. The van der Waals surface area contributed by atoms with Gasteiger partial charge in [0, 0.05) is 37.0 Å². The van der Waals surface area contributed by atoms with Crippen molar-refractivity contribution in [1.29, 1.82) is 0 Å². The molecular formula is C20H22BrN5S. The van der Waals surface area contributed by atoms with Crippen LogP contribution in [0.1, 0.15) is 11.3 Å². The van der Waals surface area contributed by atoms with Gasteiger partial charge in [-0.3, -0.25) is 4.40 Å². The highest BCUT2D eigenvalue weighted by Crippen LogP contribution is 2.30. The molecule has 0 unspecified atom stereocenters. The molecule has 0 fully saturated rings. The third-order valence-electron chi connectivity index (χ3n) is 4.40. The molecule has 4 aromatic rings. The minimum Gasteiger partial charge on any atom is -0.378 e. The normalized spacial score (nSPS) is 10.7. The fourth-order valence-corrected chi connectivity index (χ4v) is 3.75. The number of pyridine rings is 1. The van der Waals surface area contributed by atoms with E-state index in [9.17, 15) is 0 Å². The van der Waals surface area contributed by atoms with E-state index in [0.29, 0.717) is 0 Å². The fraction of sp³-hybridized carbons (Fsp3) is 0.200. The summed E-state index contributed by atoms with van der Waals surface area (Å²) in [6.45, 7) is 4.12. The number of rotatable bonds is 4. The van der Waals surface area contributed by atoms with Crippen LogP contribution in [0.2, 0.25) is 0 Å². The lowest BCUT2D eigenvalue weighted by Crippen LogP contribution is -2.08. The summed E-state index contributed by atoms with van der Waals surface area (Å²) < 4.78 is 2.12. The maximum atomic E-state index is 4.78. The van der Waals surface area contributed by atoms with Gasteiger partial charge in [-0.05, 0) is 49.7 Å². The monoisotopic (exact) mass is 443 g/mol. The van der Waals surface area contributed by atoms with Crippen molar-refractivity contribution in [1.82, 2.24) is 14.4 Å². The predicted octanol–water partition coefficient (Wildman–Crippen LogP) is 5.46. The van der Waals surface area contributed by atoms with Crippen molar-refractivity contribution in [2.24, 2.45) is 0 Å². The Morgan fingerprint density at radius 2 is 1.78 bits per heavy atom. The van der Waals surface area contributed by atoms with Crippen LogP contribution in [0.25, 0.3) is 17.0 Å². The molecule has 0 radical (unpaired) electrons. The summed E-state index contributed by atoms with van der Waals surface area (Å²) >= 11 is 1.60. The molecule has 0 bridgehead atoms. The molecule has 0 aliphatic carbocycles. The first-order valence-corrected chi connectivity index (χ1v) is 9.35. The van der Waals surface area contributed by atoms with Gasteiger partial charge in [0.25, 0.3) is 0 Å². The summed E-state index contributed by atoms with van der Waals surface area (Å²) in [6, 6.07) is 12.4. The molecule has 5 nitrogen and oxygen atoms in total. The number of hydrogen-bond donors (Lipinski definition) is 1. The molecule has 0 aliphatic rings. The van der Waals surface area contributed by atoms with Crippen molar-refractivity contribution >= 4 is 50.5 Å². The smallest absolute Gasteiger partial charge is 0.187 e. The molecule has 3 heterocycles. The SMILES string of the molecule is Br.Cc1nc2c(C)cccn2c1-c1csc(Nc2ccc(N(C)C)cc2)n1. The van der Waals surface area contributed by atoms with Crippen LogP contribution in [0.4, 0.5) is 16.5 Å². The van der Waals surface area contributed by atoms with E-state index in [0.717, 1.165) is 39.1 Å². The summed E-state index contributed by atoms with van der Waals surface area (Å²) in [6.07, 6.45) is 2.05. The highest BCUT2D eigenvalue weighted by Gasteiger charge is 2.15. The molecule has 4 rings (SSSR count). The third kappa shape index (κ3) is 3.70. The van der Waals surface area contributed by atoms with Crippen LogP contribution in [0.15, 0.2) is 48.0 Å². The molecule has 0 aliphatic heterocycles. The third-order valence-corrected chi connectivity index (χ3v) is 5.16. The first-order valence-electron chi connectivity index (χ1n) is 8.47. The van der Waals surface area contributed by atoms with E-state index in [4.69, 9.17) is 9.97 Å². The van der Waals surface area contributed by atoms with E-state index in [1.165, 1.54) is 5.69 Å². The lowest BCUT2D eigenvalue weighted by molar-refractivity contribution is 1.13. The quantitative estimate of drug-likeness (QED) is 0.454. The van der Waals surface area contributed by atoms with Crippen LogP contribution in [0.5, 0.6) is 0 Å². The predicted molar refractivity (Wildman–Crippen MR) is 120 cm³/mol. The Hall–Kier alpha value is -2.38. The van der Waals surface area contributed by atoms with E-state index < -0.39 is 0 Å². The Morgan fingerprint density at radius 1 is 1.04 bits per heavy atom. The van der Waals surface area contributed by atoms with Gasteiger partial charge in [-0.1, -0.05) is 6.07 Å². The summed E-state index contributed by atoms with van der Waals surface area (Å²) in [4.78, 5) is 11.6. The molecule has 0 amide bonds. The highest BCUT2D eigenvalue weighted by atomic mass is 79.9. The number of halogens is 1. The molecule has 0 atom stereocenters. The molecule has 0 saturated heterocycles. The molecule has 0 saturated carbocycles. The van der Waals surface area contributed by atoms with Gasteiger partial charge < -0.3 is 10.2 Å². The minimum atomic E-state index is 0. The van der Waals surface area contributed by atoms with Crippen LogP contribution in [0, 0.1) is 13.8 Å². The van der Waals surface area contributed by atoms with Gasteiger partial charge in [-0.25, -0.2) is 9.97 Å². The number of imidazole rings is 1. The standard InChI is InChI=1S/C20H21N5S.BrH/c1-13-6-5-11-25-18(14(2)21-19(13)25)17-12-26-20(23-17)22-15-7-9-16(10-8-15)24(3)4;/h5-12H,1-4H3,(H,22,23);1H. The Bertz CT molecular complexity index is 1070. The number of hydrogen-bond acceptors (Lipinski definition) is 5. The molecule has 0 spiro atoms. The van der Waals surface area contributed by atoms with E-state index in [-0.39, 0.29) is 17.0 Å². The number of aromatic nitrogens is 3. The maximum absolute atomic E-state index is 4.78. The number of fused-ring (bicyclic) bond motifs is 1. The largest absolute Gasteiger partial charge is 0.378 e. The van der Waals surface area contributed by atoms with Gasteiger partial charge in [0.1, 0.15) is 11.3 Å². The number of nitrogens with zero attached hydrogens (tertiary/aromatic N) is 4. The zero-order valence-corrected chi connectivity index (χ0v) is 18.3. The molecular weight excluding hydrogens is 422 g/mol. The average Bonchev–Trinajstić information content (AvgIpc) is 3.19. The molecule has 1 N–H and O–H groups in total. The van der Waals surface area contributed by atoms with E-state index >= 15 is 0 Å². The summed E-state index contributed by atoms with van der Waals surface area (Å²) in [5, 5.41) is 6.34. The molecule has 3 aromatic heterocycles. The number of aryl methyl sites for hydroxylation is 2. The number of nitrogens with one attached hydrogen (secondary N) is 1. The van der Waals surface area contributed by atoms with Gasteiger partial charge in [0.2, 0.25) is 0 Å². The van der Waals surface area contributed by atoms with Crippen LogP contribution >= 0.6 is 28.3 Å². The summed E-state index contributed by atoms with van der Waals surface area (Å²) in [5.74, 6) is 0. The maximum Gasteiger partial charge on any atom is 0.187 e. The number of anilines is 3.